The van der Waals surface area contributed by atoms with Crippen LogP contribution in [0.2, 0.25) is 0 Å². The first-order valence-electron chi connectivity index (χ1n) is 3.92. The number of benzene rings is 1. The van der Waals surface area contributed by atoms with Crippen LogP contribution in [0.5, 0.6) is 0 Å². The molecule has 1 aromatic carbocycles. The van der Waals surface area contributed by atoms with Crippen LogP contribution in [0.4, 0.5) is 4.39 Å². The van der Waals surface area contributed by atoms with Gasteiger partial charge in [-0.05, 0) is 33.1 Å². The Morgan fingerprint density at radius 2 is 2.31 bits per heavy atom. The number of aliphatic hydroxyl groups is 1. The van der Waals surface area contributed by atoms with Crippen LogP contribution < -0.4 is 0 Å². The fraction of sp³-hybridized carbons (Fsp3) is 0.333. The van der Waals surface area contributed by atoms with E-state index >= 15 is 0 Å². The standard InChI is InChI=1S/C9H8BrFOS/c10-9-6-3-13-4-8(12)5(6)1-2-7(9)11/h1-2,8,12H,3-4H2. The number of thioether (sulfide) groups is 1. The predicted molar refractivity (Wildman–Crippen MR) is 55.2 cm³/mol. The minimum absolute atomic E-state index is 0.256. The molecule has 1 aliphatic heterocycles. The van der Waals surface area contributed by atoms with Gasteiger partial charge in [0.25, 0.3) is 0 Å². The molecule has 0 saturated heterocycles. The summed E-state index contributed by atoms with van der Waals surface area (Å²) in [5.41, 5.74) is 1.75. The van der Waals surface area contributed by atoms with Gasteiger partial charge in [-0.2, -0.15) is 11.8 Å². The van der Waals surface area contributed by atoms with Crippen LogP contribution in [0, 0.1) is 5.82 Å². The van der Waals surface area contributed by atoms with Gasteiger partial charge in [0.15, 0.2) is 0 Å². The summed E-state index contributed by atoms with van der Waals surface area (Å²) in [4.78, 5) is 0. The Morgan fingerprint density at radius 3 is 3.08 bits per heavy atom. The van der Waals surface area contributed by atoms with Crippen molar-refractivity contribution in [1.29, 1.82) is 0 Å². The lowest BCUT2D eigenvalue weighted by atomic mass is 10.0. The highest BCUT2D eigenvalue weighted by molar-refractivity contribution is 9.10. The zero-order valence-corrected chi connectivity index (χ0v) is 9.16. The molecule has 1 atom stereocenters. The van der Waals surface area contributed by atoms with Crippen LogP contribution in [0.15, 0.2) is 16.6 Å². The molecule has 2 rings (SSSR count). The van der Waals surface area contributed by atoms with E-state index in [1.165, 1.54) is 6.07 Å². The number of hydrogen-bond donors (Lipinski definition) is 1. The summed E-state index contributed by atoms with van der Waals surface area (Å²) in [5.74, 6) is 1.21. The molecule has 0 saturated carbocycles. The SMILES string of the molecule is OC1CSCc2c1ccc(F)c2Br. The number of hydrogen-bond acceptors (Lipinski definition) is 2. The lowest BCUT2D eigenvalue weighted by Gasteiger charge is -2.21. The minimum Gasteiger partial charge on any atom is -0.388 e. The summed E-state index contributed by atoms with van der Waals surface area (Å²) < 4.78 is 13.6. The molecule has 0 aliphatic carbocycles. The van der Waals surface area contributed by atoms with Crippen LogP contribution >= 0.6 is 27.7 Å². The van der Waals surface area contributed by atoms with E-state index in [1.807, 2.05) is 0 Å². The summed E-state index contributed by atoms with van der Waals surface area (Å²) in [6.07, 6.45) is -0.453. The molecule has 13 heavy (non-hydrogen) atoms. The second-order valence-corrected chi connectivity index (χ2v) is 4.78. The lowest BCUT2D eigenvalue weighted by molar-refractivity contribution is 0.201. The van der Waals surface area contributed by atoms with E-state index in [4.69, 9.17) is 0 Å². The Bertz CT molecular complexity index is 343. The van der Waals surface area contributed by atoms with Gasteiger partial charge in [0.1, 0.15) is 5.82 Å². The van der Waals surface area contributed by atoms with Crippen LogP contribution in [-0.4, -0.2) is 10.9 Å². The number of halogens is 2. The van der Waals surface area contributed by atoms with Crippen molar-refractivity contribution in [1.82, 2.24) is 0 Å². The maximum Gasteiger partial charge on any atom is 0.137 e. The van der Waals surface area contributed by atoms with Crippen molar-refractivity contribution in [3.8, 4) is 0 Å². The Hall–Kier alpha value is -0.0600. The fourth-order valence-electron chi connectivity index (χ4n) is 1.43. The average molecular weight is 263 g/mol. The first-order valence-corrected chi connectivity index (χ1v) is 5.87. The van der Waals surface area contributed by atoms with Crippen LogP contribution in [-0.2, 0) is 5.75 Å². The predicted octanol–water partition coefficient (Wildman–Crippen LogP) is 2.87. The van der Waals surface area contributed by atoms with Crippen molar-refractivity contribution in [3.63, 3.8) is 0 Å². The maximum absolute atomic E-state index is 13.1. The highest BCUT2D eigenvalue weighted by Gasteiger charge is 2.21. The zero-order valence-electron chi connectivity index (χ0n) is 6.76. The molecule has 0 aromatic heterocycles. The van der Waals surface area contributed by atoms with Crippen LogP contribution in [0.3, 0.4) is 0 Å². The third kappa shape index (κ3) is 1.63. The number of fused-ring (bicyclic) bond motifs is 1. The maximum atomic E-state index is 13.1. The van der Waals surface area contributed by atoms with E-state index in [0.717, 1.165) is 16.9 Å². The molecule has 0 amide bonds. The normalized spacial score (nSPS) is 21.3. The van der Waals surface area contributed by atoms with Gasteiger partial charge >= 0.3 is 0 Å². The fourth-order valence-corrected chi connectivity index (χ4v) is 3.15. The van der Waals surface area contributed by atoms with Gasteiger partial charge in [-0.3, -0.25) is 0 Å². The number of rotatable bonds is 0. The number of aliphatic hydroxyl groups excluding tert-OH is 1. The first kappa shape index (κ1) is 9.49. The van der Waals surface area contributed by atoms with Crippen molar-refractivity contribution in [2.75, 3.05) is 5.75 Å². The molecule has 1 nitrogen and oxygen atoms in total. The third-order valence-corrected chi connectivity index (χ3v) is 4.02. The summed E-state index contributed by atoms with van der Waals surface area (Å²) >= 11 is 4.82. The molecule has 1 aliphatic rings. The highest BCUT2D eigenvalue weighted by Crippen LogP contribution is 2.36. The second-order valence-electron chi connectivity index (χ2n) is 2.96. The van der Waals surface area contributed by atoms with Gasteiger partial charge in [0.05, 0.1) is 10.6 Å². The van der Waals surface area contributed by atoms with Crippen LogP contribution in [0.25, 0.3) is 0 Å². The molecule has 0 fully saturated rings. The molecule has 70 valence electrons. The summed E-state index contributed by atoms with van der Waals surface area (Å²) in [6.45, 7) is 0. The molecule has 4 heteroatoms. The van der Waals surface area contributed by atoms with Crippen molar-refractivity contribution < 1.29 is 9.50 Å². The molecule has 1 N–H and O–H groups in total. The van der Waals surface area contributed by atoms with Gasteiger partial charge in [-0.1, -0.05) is 6.07 Å². The van der Waals surface area contributed by atoms with E-state index in [0.29, 0.717) is 10.2 Å². The van der Waals surface area contributed by atoms with E-state index in [-0.39, 0.29) is 5.82 Å². The molecule has 1 heterocycles. The molecule has 0 radical (unpaired) electrons. The van der Waals surface area contributed by atoms with Gasteiger partial charge in [-0.15, -0.1) is 0 Å². The highest BCUT2D eigenvalue weighted by atomic mass is 79.9. The van der Waals surface area contributed by atoms with Crippen molar-refractivity contribution in [2.24, 2.45) is 0 Å². The van der Waals surface area contributed by atoms with Gasteiger partial charge < -0.3 is 5.11 Å². The second kappa shape index (κ2) is 3.59. The van der Waals surface area contributed by atoms with Gasteiger partial charge in [0, 0.05) is 11.5 Å². The topological polar surface area (TPSA) is 20.2 Å². The molecule has 1 aromatic rings. The molecule has 0 bridgehead atoms. The molecule has 0 spiro atoms. The average Bonchev–Trinajstić information content (AvgIpc) is 2.12. The molecular formula is C9H8BrFOS. The van der Waals surface area contributed by atoms with Gasteiger partial charge in [-0.25, -0.2) is 4.39 Å². The monoisotopic (exact) mass is 262 g/mol. The van der Waals surface area contributed by atoms with Gasteiger partial charge in [0.2, 0.25) is 0 Å². The third-order valence-electron chi connectivity index (χ3n) is 2.11. The van der Waals surface area contributed by atoms with Crippen LogP contribution in [0.1, 0.15) is 17.2 Å². The first-order chi connectivity index (χ1) is 6.20. The lowest BCUT2D eigenvalue weighted by Crippen LogP contribution is -2.10. The van der Waals surface area contributed by atoms with E-state index in [1.54, 1.807) is 17.8 Å². The smallest absolute Gasteiger partial charge is 0.137 e. The van der Waals surface area contributed by atoms with E-state index in [2.05, 4.69) is 15.9 Å². The Balaban J connectivity index is 2.56. The van der Waals surface area contributed by atoms with Crippen molar-refractivity contribution in [2.45, 2.75) is 11.9 Å². The summed E-state index contributed by atoms with van der Waals surface area (Å²) in [7, 11) is 0. The Morgan fingerprint density at radius 1 is 1.54 bits per heavy atom. The zero-order chi connectivity index (χ0) is 9.42. The molecule has 1 unspecified atom stereocenters. The largest absolute Gasteiger partial charge is 0.388 e. The minimum atomic E-state index is -0.453. The van der Waals surface area contributed by atoms with E-state index < -0.39 is 6.10 Å². The summed E-state index contributed by atoms with van der Waals surface area (Å²) in [5, 5.41) is 9.61. The van der Waals surface area contributed by atoms with Crippen molar-refractivity contribution >= 4 is 27.7 Å². The Labute approximate surface area is 88.5 Å². The molecular weight excluding hydrogens is 255 g/mol. The quantitative estimate of drug-likeness (QED) is 0.776. The summed E-state index contributed by atoms with van der Waals surface area (Å²) in [6, 6.07) is 3.06. The van der Waals surface area contributed by atoms with Crippen molar-refractivity contribution in [3.05, 3.63) is 33.5 Å². The van der Waals surface area contributed by atoms with E-state index in [9.17, 15) is 9.50 Å². The Kier molecular flexibility index (Phi) is 2.62.